The van der Waals surface area contributed by atoms with E-state index >= 15 is 0 Å². The van der Waals surface area contributed by atoms with E-state index in [1.807, 2.05) is 12.1 Å². The van der Waals surface area contributed by atoms with Gasteiger partial charge in [0, 0.05) is 5.02 Å². The average Bonchev–Trinajstić information content (AvgIpc) is 2.28. The first-order chi connectivity index (χ1) is 7.34. The zero-order valence-corrected chi connectivity index (χ0v) is 9.26. The molecule has 1 saturated heterocycles. The molecule has 0 spiro atoms. The summed E-state index contributed by atoms with van der Waals surface area (Å²) in [6, 6.07) is 6.50. The van der Waals surface area contributed by atoms with Crippen molar-refractivity contribution in [3.05, 3.63) is 34.3 Å². The van der Waals surface area contributed by atoms with E-state index < -0.39 is 0 Å². The molecule has 0 amide bonds. The van der Waals surface area contributed by atoms with Crippen molar-refractivity contribution in [3.63, 3.8) is 0 Å². The predicted molar refractivity (Wildman–Crippen MR) is 60.0 cm³/mol. The van der Waals surface area contributed by atoms with E-state index in [0.717, 1.165) is 11.6 Å². The zero-order valence-electron chi connectivity index (χ0n) is 8.50. The Hall–Kier alpha value is -0.570. The van der Waals surface area contributed by atoms with Crippen LogP contribution in [-0.4, -0.2) is 12.6 Å². The fourth-order valence-electron chi connectivity index (χ4n) is 2.55. The highest BCUT2D eigenvalue weighted by Gasteiger charge is 2.32. The number of fused-ring (bicyclic) bond motifs is 3. The van der Waals surface area contributed by atoms with Crippen LogP contribution in [0.2, 0.25) is 5.02 Å². The standard InChI is InChI=1S/C12H14ClNO/c13-9-3-4-10-8(6-9)7-15-11-2-1-5-14-12(10)11/h3-4,6,11-12,14H,1-2,5,7H2/t11-,12-/m0/s1. The van der Waals surface area contributed by atoms with Gasteiger partial charge in [0.2, 0.25) is 0 Å². The lowest BCUT2D eigenvalue weighted by atomic mass is 9.89. The van der Waals surface area contributed by atoms with Gasteiger partial charge in [-0.05, 0) is 42.6 Å². The van der Waals surface area contributed by atoms with Gasteiger partial charge in [0.05, 0.1) is 18.8 Å². The van der Waals surface area contributed by atoms with Gasteiger partial charge in [0.15, 0.2) is 0 Å². The summed E-state index contributed by atoms with van der Waals surface area (Å²) in [6.45, 7) is 1.80. The Morgan fingerprint density at radius 3 is 3.27 bits per heavy atom. The molecule has 0 saturated carbocycles. The van der Waals surface area contributed by atoms with Crippen LogP contribution in [0.3, 0.4) is 0 Å². The maximum absolute atomic E-state index is 5.98. The number of nitrogens with one attached hydrogen (secondary N) is 1. The second kappa shape index (κ2) is 3.78. The summed E-state index contributed by atoms with van der Waals surface area (Å²) >= 11 is 5.98. The number of ether oxygens (including phenoxy) is 1. The molecule has 1 fully saturated rings. The lowest BCUT2D eigenvalue weighted by Gasteiger charge is -2.37. The molecular weight excluding hydrogens is 210 g/mol. The Morgan fingerprint density at radius 2 is 2.33 bits per heavy atom. The Balaban J connectivity index is 1.99. The highest BCUT2D eigenvalue weighted by Crippen LogP contribution is 2.34. The molecule has 0 aromatic heterocycles. The minimum atomic E-state index is 0.354. The fraction of sp³-hybridized carbons (Fsp3) is 0.500. The van der Waals surface area contributed by atoms with Crippen LogP contribution in [0.15, 0.2) is 18.2 Å². The van der Waals surface area contributed by atoms with Crippen molar-refractivity contribution in [2.45, 2.75) is 31.6 Å². The van der Waals surface area contributed by atoms with E-state index in [1.165, 1.54) is 24.0 Å². The maximum Gasteiger partial charge on any atom is 0.0774 e. The van der Waals surface area contributed by atoms with Crippen molar-refractivity contribution in [3.8, 4) is 0 Å². The molecule has 3 heteroatoms. The predicted octanol–water partition coefficient (Wildman–Crippen LogP) is 2.66. The molecule has 2 aliphatic heterocycles. The quantitative estimate of drug-likeness (QED) is 0.730. The zero-order chi connectivity index (χ0) is 10.3. The first-order valence-electron chi connectivity index (χ1n) is 5.48. The van der Waals surface area contributed by atoms with E-state index in [2.05, 4.69) is 11.4 Å². The van der Waals surface area contributed by atoms with Crippen LogP contribution in [0.1, 0.15) is 30.0 Å². The smallest absolute Gasteiger partial charge is 0.0774 e. The van der Waals surface area contributed by atoms with Crippen molar-refractivity contribution in [2.75, 3.05) is 6.54 Å². The first-order valence-corrected chi connectivity index (χ1v) is 5.86. The Labute approximate surface area is 94.6 Å². The fourth-order valence-corrected chi connectivity index (χ4v) is 2.74. The topological polar surface area (TPSA) is 21.3 Å². The molecular formula is C12H14ClNO. The minimum Gasteiger partial charge on any atom is -0.372 e. The highest BCUT2D eigenvalue weighted by molar-refractivity contribution is 6.30. The Bertz CT molecular complexity index is 380. The normalized spacial score (nSPS) is 29.4. The van der Waals surface area contributed by atoms with Gasteiger partial charge in [-0.1, -0.05) is 17.7 Å². The summed E-state index contributed by atoms with van der Waals surface area (Å²) in [5.41, 5.74) is 2.61. The van der Waals surface area contributed by atoms with Crippen LogP contribution in [0.25, 0.3) is 0 Å². The largest absolute Gasteiger partial charge is 0.372 e. The lowest BCUT2D eigenvalue weighted by Crippen LogP contribution is -2.42. The van der Waals surface area contributed by atoms with Gasteiger partial charge < -0.3 is 10.1 Å². The SMILES string of the molecule is Clc1ccc2c(c1)CO[C@H]1CCCN[C@@H]21. The molecule has 0 aliphatic carbocycles. The molecule has 80 valence electrons. The molecule has 2 aliphatic rings. The second-order valence-electron chi connectivity index (χ2n) is 4.27. The minimum absolute atomic E-state index is 0.354. The van der Waals surface area contributed by atoms with Gasteiger partial charge in [-0.25, -0.2) is 0 Å². The maximum atomic E-state index is 5.98. The molecule has 1 aromatic rings. The molecule has 2 nitrogen and oxygen atoms in total. The molecule has 0 radical (unpaired) electrons. The van der Waals surface area contributed by atoms with E-state index in [-0.39, 0.29) is 0 Å². The van der Waals surface area contributed by atoms with Crippen LogP contribution in [0.4, 0.5) is 0 Å². The van der Waals surface area contributed by atoms with E-state index in [1.54, 1.807) is 0 Å². The summed E-state index contributed by atoms with van der Waals surface area (Å²) in [6.07, 6.45) is 2.73. The summed E-state index contributed by atoms with van der Waals surface area (Å²) < 4.78 is 5.84. The molecule has 2 heterocycles. The van der Waals surface area contributed by atoms with Gasteiger partial charge >= 0.3 is 0 Å². The van der Waals surface area contributed by atoms with Gasteiger partial charge in [-0.15, -0.1) is 0 Å². The summed E-state index contributed by atoms with van der Waals surface area (Å²) in [7, 11) is 0. The van der Waals surface area contributed by atoms with E-state index in [9.17, 15) is 0 Å². The molecule has 15 heavy (non-hydrogen) atoms. The van der Waals surface area contributed by atoms with Crippen LogP contribution in [0, 0.1) is 0 Å². The van der Waals surface area contributed by atoms with Crippen LogP contribution in [-0.2, 0) is 11.3 Å². The Morgan fingerprint density at radius 1 is 1.40 bits per heavy atom. The van der Waals surface area contributed by atoms with Gasteiger partial charge in [0.25, 0.3) is 0 Å². The molecule has 0 bridgehead atoms. The van der Waals surface area contributed by atoms with Gasteiger partial charge in [-0.2, -0.15) is 0 Å². The third kappa shape index (κ3) is 1.67. The number of rotatable bonds is 0. The van der Waals surface area contributed by atoms with Crippen molar-refractivity contribution >= 4 is 11.6 Å². The second-order valence-corrected chi connectivity index (χ2v) is 4.70. The lowest BCUT2D eigenvalue weighted by molar-refractivity contribution is -0.0177. The molecule has 2 atom stereocenters. The molecule has 3 rings (SSSR count). The van der Waals surface area contributed by atoms with Crippen molar-refractivity contribution in [2.24, 2.45) is 0 Å². The third-order valence-corrected chi connectivity index (χ3v) is 3.53. The van der Waals surface area contributed by atoms with Crippen LogP contribution < -0.4 is 5.32 Å². The summed E-state index contributed by atoms with van der Waals surface area (Å²) in [5.74, 6) is 0. The van der Waals surface area contributed by atoms with Crippen molar-refractivity contribution in [1.29, 1.82) is 0 Å². The van der Waals surface area contributed by atoms with Crippen molar-refractivity contribution in [1.82, 2.24) is 5.32 Å². The van der Waals surface area contributed by atoms with Crippen molar-refractivity contribution < 1.29 is 4.74 Å². The summed E-state index contributed by atoms with van der Waals surface area (Å²) in [5, 5.41) is 4.33. The Kier molecular flexibility index (Phi) is 2.43. The molecule has 1 N–H and O–H groups in total. The molecule has 0 unspecified atom stereocenters. The highest BCUT2D eigenvalue weighted by atomic mass is 35.5. The number of benzene rings is 1. The monoisotopic (exact) mass is 223 g/mol. The number of halogens is 1. The number of hydrogen-bond acceptors (Lipinski definition) is 2. The van der Waals surface area contributed by atoms with Crippen LogP contribution >= 0.6 is 11.6 Å². The van der Waals surface area contributed by atoms with E-state index in [4.69, 9.17) is 16.3 Å². The van der Waals surface area contributed by atoms with Crippen LogP contribution in [0.5, 0.6) is 0 Å². The van der Waals surface area contributed by atoms with Gasteiger partial charge in [-0.3, -0.25) is 0 Å². The van der Waals surface area contributed by atoms with E-state index in [0.29, 0.717) is 18.8 Å². The number of hydrogen-bond donors (Lipinski definition) is 1. The molecule has 1 aromatic carbocycles. The average molecular weight is 224 g/mol. The third-order valence-electron chi connectivity index (χ3n) is 3.29. The van der Waals surface area contributed by atoms with Gasteiger partial charge in [0.1, 0.15) is 0 Å². The number of piperidine rings is 1. The summed E-state index contributed by atoms with van der Waals surface area (Å²) in [4.78, 5) is 0. The first kappa shape index (κ1) is 9.64.